The van der Waals surface area contributed by atoms with E-state index in [0.29, 0.717) is 5.32 Å². The van der Waals surface area contributed by atoms with E-state index in [2.05, 4.69) is 0 Å². The van der Waals surface area contributed by atoms with Crippen LogP contribution in [0.25, 0.3) is 0 Å². The van der Waals surface area contributed by atoms with Crippen LogP contribution in [0.5, 0.6) is 0 Å². The number of unbranched alkanes of at least 4 members (excludes halogenated alkanes) is 1. The van der Waals surface area contributed by atoms with Gasteiger partial charge in [0.15, 0.2) is 5.92 Å². The van der Waals surface area contributed by atoms with Gasteiger partial charge in [-0.1, -0.05) is 18.2 Å². The number of hydrogen-bond donors (Lipinski definition) is 1. The molecule has 37 heavy (non-hydrogen) atoms. The largest absolute Gasteiger partial charge is 0.469 e. The van der Waals surface area contributed by atoms with Gasteiger partial charge in [-0.25, -0.2) is 30.7 Å². The Bertz CT molecular complexity index is 776. The van der Waals surface area contributed by atoms with Crippen molar-refractivity contribution >= 4 is 5.91 Å². The molecule has 2 unspecified atom stereocenters. The van der Waals surface area contributed by atoms with Crippen molar-refractivity contribution < 1.29 is 88.2 Å². The fraction of sp³-hybridized carbons (Fsp3) is 0.933. The number of nitrogens with zero attached hydrogens (tertiary/aromatic N) is 1. The first kappa shape index (κ1) is 35.1. The first-order valence-corrected chi connectivity index (χ1v) is 9.09. The number of amides is 1. The standard InChI is InChI=1S/C15H13F19N2O/c1-2-3-4-35-8(37)9(20,13(27,28)29)10(21,22)5(6(16)17)11(23,24)14(30,31)36(15(32,33)34)12(25,26)7(18)19/h5-7H,2-4H2,1H3,(H,35,37). The fourth-order valence-electron chi connectivity index (χ4n) is 2.68. The molecule has 0 saturated heterocycles. The summed E-state index contributed by atoms with van der Waals surface area (Å²) >= 11 is 0. The number of carbonyl (C=O) groups is 1. The lowest BCUT2D eigenvalue weighted by molar-refractivity contribution is -0.472. The van der Waals surface area contributed by atoms with E-state index in [1.807, 2.05) is 0 Å². The van der Waals surface area contributed by atoms with E-state index in [-0.39, 0.29) is 6.42 Å². The number of hydrogen-bond acceptors (Lipinski definition) is 2. The minimum atomic E-state index is -8.33. The van der Waals surface area contributed by atoms with Gasteiger partial charge >= 0.3 is 48.5 Å². The van der Waals surface area contributed by atoms with Crippen molar-refractivity contribution in [2.24, 2.45) is 5.92 Å². The summed E-state index contributed by atoms with van der Waals surface area (Å²) in [5.74, 6) is -26.4. The number of carbonyl (C=O) groups excluding carboxylic acids is 1. The van der Waals surface area contributed by atoms with Crippen molar-refractivity contribution in [1.29, 1.82) is 0 Å². The molecule has 1 amide bonds. The van der Waals surface area contributed by atoms with E-state index >= 15 is 0 Å². The van der Waals surface area contributed by atoms with Gasteiger partial charge < -0.3 is 5.32 Å². The van der Waals surface area contributed by atoms with Gasteiger partial charge in [-0.05, 0) is 6.42 Å². The minimum absolute atomic E-state index is 0.0858. The number of rotatable bonds is 12. The van der Waals surface area contributed by atoms with E-state index in [0.717, 1.165) is 0 Å². The van der Waals surface area contributed by atoms with E-state index in [4.69, 9.17) is 0 Å². The quantitative estimate of drug-likeness (QED) is 0.156. The molecule has 0 aliphatic carbocycles. The van der Waals surface area contributed by atoms with Crippen LogP contribution >= 0.6 is 0 Å². The Kier molecular flexibility index (Phi) is 10.1. The molecule has 0 aromatic rings. The van der Waals surface area contributed by atoms with Gasteiger partial charge in [0.2, 0.25) is 0 Å². The normalized spacial score (nSPS) is 17.4. The van der Waals surface area contributed by atoms with Crippen molar-refractivity contribution in [1.82, 2.24) is 10.2 Å². The molecule has 0 bridgehead atoms. The third-order valence-electron chi connectivity index (χ3n) is 4.51. The lowest BCUT2D eigenvalue weighted by atomic mass is 9.80. The van der Waals surface area contributed by atoms with Crippen molar-refractivity contribution in [3.8, 4) is 0 Å². The Morgan fingerprint density at radius 3 is 1.49 bits per heavy atom. The highest BCUT2D eigenvalue weighted by Crippen LogP contribution is 2.60. The second kappa shape index (κ2) is 10.7. The first-order valence-electron chi connectivity index (χ1n) is 9.09. The summed E-state index contributed by atoms with van der Waals surface area (Å²) in [6, 6.07) is -15.8. The Morgan fingerprint density at radius 2 is 1.19 bits per heavy atom. The summed E-state index contributed by atoms with van der Waals surface area (Å²) in [5, 5.41) is 0.706. The van der Waals surface area contributed by atoms with Crippen LogP contribution < -0.4 is 5.32 Å². The number of alkyl halides is 19. The molecular weight excluding hydrogens is 585 g/mol. The van der Waals surface area contributed by atoms with Crippen LogP contribution in [0.1, 0.15) is 19.8 Å². The molecule has 0 heterocycles. The molecule has 0 saturated carbocycles. The molecule has 0 aromatic heterocycles. The van der Waals surface area contributed by atoms with Crippen LogP contribution in [0.2, 0.25) is 0 Å². The zero-order valence-electron chi connectivity index (χ0n) is 17.4. The summed E-state index contributed by atoms with van der Waals surface area (Å²) in [5.41, 5.74) is -7.30. The van der Waals surface area contributed by atoms with Crippen molar-refractivity contribution in [2.75, 3.05) is 6.54 Å². The molecule has 0 aliphatic heterocycles. The summed E-state index contributed by atoms with van der Waals surface area (Å²) in [6.07, 6.45) is -28.0. The number of halogens is 19. The van der Waals surface area contributed by atoms with Crippen LogP contribution in [0, 0.1) is 5.92 Å². The summed E-state index contributed by atoms with van der Waals surface area (Å²) in [4.78, 5) is 7.06. The van der Waals surface area contributed by atoms with Crippen LogP contribution in [-0.2, 0) is 4.79 Å². The van der Waals surface area contributed by atoms with Crippen LogP contribution in [0.3, 0.4) is 0 Å². The van der Waals surface area contributed by atoms with Gasteiger partial charge in [-0.3, -0.25) is 4.79 Å². The average molecular weight is 598 g/mol. The first-order chi connectivity index (χ1) is 16.1. The van der Waals surface area contributed by atoms with Crippen molar-refractivity contribution in [3.63, 3.8) is 0 Å². The van der Waals surface area contributed by atoms with Crippen LogP contribution in [0.15, 0.2) is 0 Å². The van der Waals surface area contributed by atoms with Crippen LogP contribution in [-0.4, -0.2) is 72.3 Å². The molecule has 0 rings (SSSR count). The molecule has 0 aliphatic rings. The predicted octanol–water partition coefficient (Wildman–Crippen LogP) is 6.60. The molecule has 222 valence electrons. The SMILES string of the molecule is CCCCNC(=O)C(F)(C(F)(F)F)C(F)(F)C(C(F)F)C(F)(F)C(F)(F)N(C(F)(F)F)C(F)(F)C(F)F. The fourth-order valence-corrected chi connectivity index (χ4v) is 2.68. The average Bonchev–Trinajstić information content (AvgIpc) is 2.63. The van der Waals surface area contributed by atoms with Crippen molar-refractivity contribution in [2.45, 2.75) is 74.7 Å². The molecule has 22 heteroatoms. The minimum Gasteiger partial charge on any atom is -0.353 e. The second-order valence-corrected chi connectivity index (χ2v) is 7.06. The highest BCUT2D eigenvalue weighted by Gasteiger charge is 2.87. The van der Waals surface area contributed by atoms with Crippen molar-refractivity contribution in [3.05, 3.63) is 0 Å². The van der Waals surface area contributed by atoms with E-state index in [1.54, 1.807) is 0 Å². The molecular formula is C15H13F19N2O. The Hall–Kier alpha value is -1.90. The zero-order chi connectivity index (χ0) is 30.2. The summed E-state index contributed by atoms with van der Waals surface area (Å²) < 4.78 is 254. The topological polar surface area (TPSA) is 32.3 Å². The van der Waals surface area contributed by atoms with E-state index < -0.39 is 84.6 Å². The predicted molar refractivity (Wildman–Crippen MR) is 81.0 cm³/mol. The third-order valence-corrected chi connectivity index (χ3v) is 4.51. The monoisotopic (exact) mass is 598 g/mol. The maximum atomic E-state index is 14.5. The van der Waals surface area contributed by atoms with Gasteiger partial charge in [0, 0.05) is 6.54 Å². The van der Waals surface area contributed by atoms with E-state index in [9.17, 15) is 88.2 Å². The number of nitrogens with one attached hydrogen (secondary N) is 1. The van der Waals surface area contributed by atoms with Gasteiger partial charge in [-0.2, -0.15) is 52.7 Å². The van der Waals surface area contributed by atoms with Gasteiger partial charge in [-0.15, -0.1) is 0 Å². The highest BCUT2D eigenvalue weighted by atomic mass is 19.4. The summed E-state index contributed by atoms with van der Waals surface area (Å²) in [7, 11) is 0. The zero-order valence-corrected chi connectivity index (χ0v) is 17.4. The Balaban J connectivity index is 7.29. The lowest BCUT2D eigenvalue weighted by Crippen LogP contribution is -2.75. The van der Waals surface area contributed by atoms with Gasteiger partial charge in [0.1, 0.15) is 0 Å². The molecule has 0 aromatic carbocycles. The maximum Gasteiger partial charge on any atom is 0.469 e. The molecule has 2 atom stereocenters. The molecule has 0 fully saturated rings. The van der Waals surface area contributed by atoms with Gasteiger partial charge in [0.05, 0.1) is 0 Å². The lowest BCUT2D eigenvalue weighted by Gasteiger charge is -2.45. The maximum absolute atomic E-state index is 14.5. The van der Waals surface area contributed by atoms with E-state index in [1.165, 1.54) is 6.92 Å². The Morgan fingerprint density at radius 1 is 0.757 bits per heavy atom. The molecule has 1 N–H and O–H groups in total. The summed E-state index contributed by atoms with van der Waals surface area (Å²) in [6.45, 7) is 0.0474. The van der Waals surface area contributed by atoms with Crippen LogP contribution in [0.4, 0.5) is 83.4 Å². The third kappa shape index (κ3) is 6.07. The molecule has 3 nitrogen and oxygen atoms in total. The van der Waals surface area contributed by atoms with Gasteiger partial charge in [0.25, 0.3) is 12.3 Å². The highest BCUT2D eigenvalue weighted by molar-refractivity contribution is 5.87. The Labute approximate surface area is 192 Å². The molecule has 0 spiro atoms. The second-order valence-electron chi connectivity index (χ2n) is 7.06. The smallest absolute Gasteiger partial charge is 0.353 e. The molecule has 0 radical (unpaired) electrons.